The van der Waals surface area contributed by atoms with E-state index in [1.165, 1.54) is 18.2 Å². The van der Waals surface area contributed by atoms with E-state index in [1.807, 2.05) is 24.5 Å². The summed E-state index contributed by atoms with van der Waals surface area (Å²) in [5.41, 5.74) is 3.34. The molecule has 3 aromatic rings. The number of amides is 3. The predicted molar refractivity (Wildman–Crippen MR) is 125 cm³/mol. The molecule has 4 rings (SSSR count). The fourth-order valence-corrected chi connectivity index (χ4v) is 4.44. The fraction of sp³-hybridized carbons (Fsp3) is 0.125. The van der Waals surface area contributed by atoms with Gasteiger partial charge in [-0.3, -0.25) is 19.3 Å². The SMILES string of the molecule is Cc1cc(/C=C2/SC(=O)N(CC(=O)Nc3ccccc3F)C2=O)c(C)n1-c1ccc(O)cc1. The summed E-state index contributed by atoms with van der Waals surface area (Å²) in [6.07, 6.45) is 1.62. The number of anilines is 1. The summed E-state index contributed by atoms with van der Waals surface area (Å²) in [4.78, 5) is 38.5. The molecule has 0 unspecified atom stereocenters. The summed E-state index contributed by atoms with van der Waals surface area (Å²) < 4.78 is 15.7. The second kappa shape index (κ2) is 8.95. The maximum atomic E-state index is 13.7. The van der Waals surface area contributed by atoms with Crippen molar-refractivity contribution in [2.45, 2.75) is 13.8 Å². The lowest BCUT2D eigenvalue weighted by atomic mass is 10.2. The standard InChI is InChI=1S/C24H20FN3O4S/c1-14-11-16(15(2)28(14)17-7-9-18(29)10-8-17)12-21-23(31)27(24(32)33-21)13-22(30)26-20-6-4-3-5-19(20)25/h3-12,29H,13H2,1-2H3,(H,26,30)/b21-12+. The molecule has 0 atom stereocenters. The molecular formula is C24H20FN3O4S. The lowest BCUT2D eigenvalue weighted by molar-refractivity contribution is -0.127. The van der Waals surface area contributed by atoms with Crippen LogP contribution in [0.15, 0.2) is 59.5 Å². The zero-order chi connectivity index (χ0) is 23.7. The molecule has 2 heterocycles. The number of thioether (sulfide) groups is 1. The maximum Gasteiger partial charge on any atom is 0.294 e. The highest BCUT2D eigenvalue weighted by Gasteiger charge is 2.36. The van der Waals surface area contributed by atoms with Gasteiger partial charge >= 0.3 is 0 Å². The van der Waals surface area contributed by atoms with Gasteiger partial charge in [0.15, 0.2) is 0 Å². The van der Waals surface area contributed by atoms with E-state index in [9.17, 15) is 23.9 Å². The number of phenolic OH excluding ortho intramolecular Hbond substituents is 1. The van der Waals surface area contributed by atoms with Crippen molar-refractivity contribution < 1.29 is 23.9 Å². The van der Waals surface area contributed by atoms with Crippen molar-refractivity contribution in [3.63, 3.8) is 0 Å². The molecule has 1 aliphatic rings. The van der Waals surface area contributed by atoms with E-state index in [0.717, 1.165) is 39.3 Å². The summed E-state index contributed by atoms with van der Waals surface area (Å²) in [5.74, 6) is -1.70. The Kier molecular flexibility index (Phi) is 6.06. The quantitative estimate of drug-likeness (QED) is 0.537. The highest BCUT2D eigenvalue weighted by molar-refractivity contribution is 8.18. The molecule has 0 spiro atoms. The minimum Gasteiger partial charge on any atom is -0.508 e. The molecule has 1 aliphatic heterocycles. The second-order valence-corrected chi connectivity index (χ2v) is 8.47. The van der Waals surface area contributed by atoms with E-state index < -0.39 is 29.4 Å². The van der Waals surface area contributed by atoms with Gasteiger partial charge in [0, 0.05) is 17.1 Å². The van der Waals surface area contributed by atoms with Gasteiger partial charge < -0.3 is 15.0 Å². The first-order valence-corrected chi connectivity index (χ1v) is 10.8. The van der Waals surface area contributed by atoms with Crippen molar-refractivity contribution in [1.82, 2.24) is 9.47 Å². The minimum atomic E-state index is -0.672. The number of aromatic nitrogens is 1. The molecule has 1 saturated heterocycles. The van der Waals surface area contributed by atoms with Crippen LogP contribution in [0.25, 0.3) is 11.8 Å². The van der Waals surface area contributed by atoms with Gasteiger partial charge in [0.05, 0.1) is 10.6 Å². The number of halogens is 1. The molecule has 0 aliphatic carbocycles. The average Bonchev–Trinajstić information content (AvgIpc) is 3.20. The van der Waals surface area contributed by atoms with E-state index >= 15 is 0 Å². The Labute approximate surface area is 193 Å². The topological polar surface area (TPSA) is 91.6 Å². The Morgan fingerprint density at radius 2 is 1.82 bits per heavy atom. The monoisotopic (exact) mass is 465 g/mol. The first-order valence-electron chi connectivity index (χ1n) is 10.0. The van der Waals surface area contributed by atoms with Gasteiger partial charge in [-0.15, -0.1) is 0 Å². The van der Waals surface area contributed by atoms with Gasteiger partial charge in [-0.2, -0.15) is 0 Å². The fourth-order valence-electron chi connectivity index (χ4n) is 3.61. The molecule has 33 heavy (non-hydrogen) atoms. The number of aromatic hydroxyl groups is 1. The van der Waals surface area contributed by atoms with Gasteiger partial charge in [-0.1, -0.05) is 12.1 Å². The third-order valence-corrected chi connectivity index (χ3v) is 6.10. The summed E-state index contributed by atoms with van der Waals surface area (Å²) in [6.45, 7) is 3.29. The average molecular weight is 466 g/mol. The van der Waals surface area contributed by atoms with Crippen LogP contribution in [-0.4, -0.2) is 38.2 Å². The first kappa shape index (κ1) is 22.3. The third kappa shape index (κ3) is 4.54. The number of aryl methyl sites for hydroxylation is 1. The van der Waals surface area contributed by atoms with Crippen molar-refractivity contribution in [1.29, 1.82) is 0 Å². The van der Waals surface area contributed by atoms with Crippen LogP contribution < -0.4 is 5.32 Å². The van der Waals surface area contributed by atoms with Crippen LogP contribution in [0.3, 0.4) is 0 Å². The van der Waals surface area contributed by atoms with Gasteiger partial charge in [-0.05, 0) is 79.7 Å². The summed E-state index contributed by atoms with van der Waals surface area (Å²) in [7, 11) is 0. The van der Waals surface area contributed by atoms with Crippen LogP contribution in [-0.2, 0) is 9.59 Å². The Morgan fingerprint density at radius 1 is 1.12 bits per heavy atom. The summed E-state index contributed by atoms with van der Waals surface area (Å²) in [6, 6.07) is 14.3. The molecular weight excluding hydrogens is 445 g/mol. The smallest absolute Gasteiger partial charge is 0.294 e. The van der Waals surface area contributed by atoms with E-state index in [-0.39, 0.29) is 16.3 Å². The van der Waals surface area contributed by atoms with Gasteiger partial charge in [0.25, 0.3) is 11.1 Å². The number of benzene rings is 2. The molecule has 1 fully saturated rings. The zero-order valence-corrected chi connectivity index (χ0v) is 18.6. The van der Waals surface area contributed by atoms with E-state index in [4.69, 9.17) is 0 Å². The van der Waals surface area contributed by atoms with Crippen LogP contribution in [0.2, 0.25) is 0 Å². The number of hydrogen-bond acceptors (Lipinski definition) is 5. The van der Waals surface area contributed by atoms with Crippen LogP contribution in [0.4, 0.5) is 14.9 Å². The van der Waals surface area contributed by atoms with E-state index in [2.05, 4.69) is 5.32 Å². The lowest BCUT2D eigenvalue weighted by Gasteiger charge is -2.12. The molecule has 2 N–H and O–H groups in total. The Balaban J connectivity index is 1.53. The normalized spacial score (nSPS) is 14.9. The minimum absolute atomic E-state index is 0.0216. The molecule has 7 nitrogen and oxygen atoms in total. The number of imide groups is 1. The Bertz CT molecular complexity index is 1300. The first-order chi connectivity index (χ1) is 15.7. The Morgan fingerprint density at radius 3 is 2.52 bits per heavy atom. The number of rotatable bonds is 5. The van der Waals surface area contributed by atoms with Crippen molar-refractivity contribution in [3.05, 3.63) is 82.3 Å². The predicted octanol–water partition coefficient (Wildman–Crippen LogP) is 4.61. The van der Waals surface area contributed by atoms with Crippen molar-refractivity contribution in [2.24, 2.45) is 0 Å². The van der Waals surface area contributed by atoms with Crippen LogP contribution in [0.1, 0.15) is 17.0 Å². The van der Waals surface area contributed by atoms with Crippen molar-refractivity contribution >= 4 is 40.6 Å². The second-order valence-electron chi connectivity index (χ2n) is 7.47. The molecule has 1 aromatic heterocycles. The number of nitrogens with one attached hydrogen (secondary N) is 1. The van der Waals surface area contributed by atoms with Gasteiger partial charge in [-0.25, -0.2) is 4.39 Å². The lowest BCUT2D eigenvalue weighted by Crippen LogP contribution is -2.36. The molecule has 9 heteroatoms. The number of carbonyl (C=O) groups excluding carboxylic acids is 3. The molecule has 3 amide bonds. The van der Waals surface area contributed by atoms with Crippen molar-refractivity contribution in [3.8, 4) is 11.4 Å². The third-order valence-electron chi connectivity index (χ3n) is 5.19. The molecule has 0 saturated carbocycles. The number of phenols is 1. The molecule has 0 bridgehead atoms. The summed E-state index contributed by atoms with van der Waals surface area (Å²) >= 11 is 0.752. The maximum absolute atomic E-state index is 13.7. The van der Waals surface area contributed by atoms with Crippen LogP contribution in [0.5, 0.6) is 5.75 Å². The highest BCUT2D eigenvalue weighted by atomic mass is 32.2. The van der Waals surface area contributed by atoms with E-state index in [0.29, 0.717) is 0 Å². The van der Waals surface area contributed by atoms with Crippen LogP contribution >= 0.6 is 11.8 Å². The molecule has 2 aromatic carbocycles. The number of nitrogens with zero attached hydrogens (tertiary/aromatic N) is 2. The highest BCUT2D eigenvalue weighted by Crippen LogP contribution is 2.34. The van der Waals surface area contributed by atoms with Crippen LogP contribution in [0, 0.1) is 19.7 Å². The van der Waals surface area contributed by atoms with E-state index in [1.54, 1.807) is 36.4 Å². The number of carbonyl (C=O) groups is 3. The largest absolute Gasteiger partial charge is 0.508 e. The van der Waals surface area contributed by atoms with Crippen molar-refractivity contribution in [2.75, 3.05) is 11.9 Å². The van der Waals surface area contributed by atoms with Gasteiger partial charge in [0.1, 0.15) is 18.1 Å². The van der Waals surface area contributed by atoms with Gasteiger partial charge in [0.2, 0.25) is 5.91 Å². The Hall–Kier alpha value is -3.85. The molecule has 168 valence electrons. The number of hydrogen-bond donors (Lipinski definition) is 2. The molecule has 0 radical (unpaired) electrons. The zero-order valence-electron chi connectivity index (χ0n) is 17.8. The number of para-hydroxylation sites is 1. The summed E-state index contributed by atoms with van der Waals surface area (Å²) in [5, 5.41) is 11.3.